The number of rotatable bonds is 5. The van der Waals surface area contributed by atoms with Gasteiger partial charge in [0.15, 0.2) is 0 Å². The Morgan fingerprint density at radius 1 is 1.16 bits per heavy atom. The van der Waals surface area contributed by atoms with E-state index in [1.165, 1.54) is 16.5 Å². The van der Waals surface area contributed by atoms with E-state index in [2.05, 4.69) is 69.6 Å². The van der Waals surface area contributed by atoms with Crippen LogP contribution in [0.15, 0.2) is 18.2 Å². The zero-order valence-electron chi connectivity index (χ0n) is 19.7. The number of nitrogens with one attached hydrogen (secondary N) is 1. The molecule has 2 aromatic rings. The van der Waals surface area contributed by atoms with E-state index < -0.39 is 6.29 Å². The second-order valence-corrected chi connectivity index (χ2v) is 10.5. The summed E-state index contributed by atoms with van der Waals surface area (Å²) in [5.41, 5.74) is 9.44. The number of H-pyrrole nitrogens is 1. The van der Waals surface area contributed by atoms with Crippen LogP contribution in [0.5, 0.6) is 0 Å². The number of amides is 1. The maximum Gasteiger partial charge on any atom is 0.231 e. The molecular formula is C25H37N3O3. The van der Waals surface area contributed by atoms with E-state index in [9.17, 15) is 4.79 Å². The molecule has 0 aliphatic carbocycles. The van der Waals surface area contributed by atoms with Crippen LogP contribution >= 0.6 is 0 Å². The molecule has 4 rings (SSSR count). The maximum atomic E-state index is 11.2. The monoisotopic (exact) mass is 427 g/mol. The number of ether oxygens (including phenoxy) is 2. The van der Waals surface area contributed by atoms with Gasteiger partial charge >= 0.3 is 0 Å². The number of nitrogens with zero attached hydrogens (tertiary/aromatic N) is 1. The van der Waals surface area contributed by atoms with Crippen molar-refractivity contribution in [1.29, 1.82) is 0 Å². The maximum absolute atomic E-state index is 11.2. The molecule has 31 heavy (non-hydrogen) atoms. The number of primary amides is 1. The highest BCUT2D eigenvalue weighted by Crippen LogP contribution is 2.47. The quantitative estimate of drug-likeness (QED) is 0.733. The molecule has 1 amide bonds. The van der Waals surface area contributed by atoms with Gasteiger partial charge in [-0.3, -0.25) is 9.69 Å². The van der Waals surface area contributed by atoms with Gasteiger partial charge in [-0.15, -0.1) is 0 Å². The number of fused-ring (bicyclic) bond motifs is 1. The van der Waals surface area contributed by atoms with Crippen LogP contribution in [0, 0.1) is 0 Å². The minimum Gasteiger partial charge on any atom is -0.369 e. The molecule has 2 aliphatic heterocycles. The molecular weight excluding hydrogens is 390 g/mol. The molecule has 0 radical (unpaired) electrons. The second-order valence-electron chi connectivity index (χ2n) is 10.5. The van der Waals surface area contributed by atoms with Crippen LogP contribution in [0.25, 0.3) is 10.9 Å². The van der Waals surface area contributed by atoms with E-state index >= 15 is 0 Å². The van der Waals surface area contributed by atoms with Crippen molar-refractivity contribution in [2.24, 2.45) is 5.73 Å². The van der Waals surface area contributed by atoms with Crippen LogP contribution in [0.1, 0.15) is 89.3 Å². The summed E-state index contributed by atoms with van der Waals surface area (Å²) in [5, 5.41) is 1.26. The Morgan fingerprint density at radius 3 is 2.32 bits per heavy atom. The smallest absolute Gasteiger partial charge is 0.231 e. The summed E-state index contributed by atoms with van der Waals surface area (Å²) < 4.78 is 12.7. The summed E-state index contributed by atoms with van der Waals surface area (Å²) in [6.07, 6.45) is 1.70. The third-order valence-corrected chi connectivity index (χ3v) is 7.40. The van der Waals surface area contributed by atoms with Crippen molar-refractivity contribution >= 4 is 16.8 Å². The first kappa shape index (κ1) is 22.3. The first-order valence-electron chi connectivity index (χ1n) is 11.5. The van der Waals surface area contributed by atoms with Gasteiger partial charge in [0.2, 0.25) is 12.2 Å². The Balaban J connectivity index is 1.63. The predicted molar refractivity (Wildman–Crippen MR) is 123 cm³/mol. The largest absolute Gasteiger partial charge is 0.369 e. The van der Waals surface area contributed by atoms with Gasteiger partial charge in [-0.25, -0.2) is 0 Å². The van der Waals surface area contributed by atoms with Gasteiger partial charge in [0.25, 0.3) is 0 Å². The number of aromatic nitrogens is 1. The number of carbonyl (C=O) groups is 1. The van der Waals surface area contributed by atoms with Gasteiger partial charge in [0.1, 0.15) is 0 Å². The average Bonchev–Trinajstić information content (AvgIpc) is 3.15. The number of hydrogen-bond donors (Lipinski definition) is 2. The van der Waals surface area contributed by atoms with E-state index in [0.717, 1.165) is 37.1 Å². The third-order valence-electron chi connectivity index (χ3n) is 7.40. The van der Waals surface area contributed by atoms with Gasteiger partial charge in [-0.05, 0) is 88.7 Å². The molecule has 1 aromatic carbocycles. The van der Waals surface area contributed by atoms with E-state index in [0.29, 0.717) is 18.4 Å². The lowest BCUT2D eigenvalue weighted by atomic mass is 9.87. The minimum atomic E-state index is -0.393. The van der Waals surface area contributed by atoms with Crippen molar-refractivity contribution in [2.45, 2.75) is 83.7 Å². The normalized spacial score (nSPS) is 22.5. The van der Waals surface area contributed by atoms with Gasteiger partial charge < -0.3 is 20.2 Å². The number of aromatic amines is 1. The minimum absolute atomic E-state index is 0.246. The van der Waals surface area contributed by atoms with Crippen molar-refractivity contribution in [3.8, 4) is 0 Å². The lowest BCUT2D eigenvalue weighted by Crippen LogP contribution is -2.41. The molecule has 6 nitrogen and oxygen atoms in total. The summed E-state index contributed by atoms with van der Waals surface area (Å²) in [6.45, 7) is 15.0. The number of carbonyl (C=O) groups excluding carboxylic acids is 1. The zero-order valence-corrected chi connectivity index (χ0v) is 19.7. The highest BCUT2D eigenvalue weighted by Gasteiger charge is 2.50. The number of hydrogen-bond acceptors (Lipinski definition) is 4. The molecule has 3 heterocycles. The SMILES string of the molecule is CC(C)c1c(C2OC(C)(C)C(C)(C)O2)[nH]c2ccc(C3CCN(CC(N)=O)CC3)cc12. The molecule has 2 saturated heterocycles. The predicted octanol–water partition coefficient (Wildman–Crippen LogP) is 4.56. The lowest BCUT2D eigenvalue weighted by Gasteiger charge is -2.31. The van der Waals surface area contributed by atoms with Crippen molar-refractivity contribution in [2.75, 3.05) is 19.6 Å². The lowest BCUT2D eigenvalue weighted by molar-refractivity contribution is -0.119. The second kappa shape index (κ2) is 7.91. The molecule has 3 N–H and O–H groups in total. The van der Waals surface area contributed by atoms with E-state index in [-0.39, 0.29) is 17.1 Å². The van der Waals surface area contributed by atoms with Gasteiger partial charge in [0.05, 0.1) is 23.4 Å². The van der Waals surface area contributed by atoms with Crippen LogP contribution in [0.4, 0.5) is 0 Å². The summed E-state index contributed by atoms with van der Waals surface area (Å²) in [5.74, 6) is 0.600. The molecule has 0 saturated carbocycles. The van der Waals surface area contributed by atoms with Crippen molar-refractivity contribution in [3.63, 3.8) is 0 Å². The molecule has 0 bridgehead atoms. The van der Waals surface area contributed by atoms with Crippen molar-refractivity contribution in [3.05, 3.63) is 35.0 Å². The van der Waals surface area contributed by atoms with Crippen LogP contribution in [-0.2, 0) is 14.3 Å². The number of piperidine rings is 1. The highest BCUT2D eigenvalue weighted by molar-refractivity contribution is 5.86. The molecule has 1 aromatic heterocycles. The molecule has 2 fully saturated rings. The number of benzene rings is 1. The average molecular weight is 428 g/mol. The van der Waals surface area contributed by atoms with Crippen molar-refractivity contribution < 1.29 is 14.3 Å². The van der Waals surface area contributed by atoms with Crippen LogP contribution in [-0.4, -0.2) is 46.6 Å². The molecule has 0 unspecified atom stereocenters. The zero-order chi connectivity index (χ0) is 22.6. The Hall–Kier alpha value is -1.89. The van der Waals surface area contributed by atoms with Crippen LogP contribution in [0.2, 0.25) is 0 Å². The number of nitrogens with two attached hydrogens (primary N) is 1. The van der Waals surface area contributed by atoms with Gasteiger partial charge in [-0.2, -0.15) is 0 Å². The third kappa shape index (κ3) is 4.13. The summed E-state index contributed by atoms with van der Waals surface area (Å²) >= 11 is 0. The molecule has 0 atom stereocenters. The van der Waals surface area contributed by atoms with E-state index in [4.69, 9.17) is 15.2 Å². The molecule has 2 aliphatic rings. The topological polar surface area (TPSA) is 80.6 Å². The van der Waals surface area contributed by atoms with E-state index in [1.54, 1.807) is 0 Å². The summed E-state index contributed by atoms with van der Waals surface area (Å²) in [4.78, 5) is 17.0. The first-order chi connectivity index (χ1) is 14.5. The first-order valence-corrected chi connectivity index (χ1v) is 11.5. The Labute approximate surface area is 185 Å². The number of likely N-dealkylation sites (tertiary alicyclic amines) is 1. The fourth-order valence-corrected chi connectivity index (χ4v) is 4.92. The van der Waals surface area contributed by atoms with Gasteiger partial charge in [0, 0.05) is 10.9 Å². The van der Waals surface area contributed by atoms with Crippen LogP contribution < -0.4 is 5.73 Å². The van der Waals surface area contributed by atoms with E-state index in [1.807, 2.05) is 0 Å². The van der Waals surface area contributed by atoms with Gasteiger partial charge in [-0.1, -0.05) is 19.9 Å². The Morgan fingerprint density at radius 2 is 1.77 bits per heavy atom. The fraction of sp³-hybridized carbons (Fsp3) is 0.640. The Kier molecular flexibility index (Phi) is 5.69. The van der Waals surface area contributed by atoms with Crippen molar-refractivity contribution in [1.82, 2.24) is 9.88 Å². The Bertz CT molecular complexity index is 952. The molecule has 170 valence electrons. The standard InChI is InChI=1S/C25H37N3O3/c1-15(2)21-18-13-17(16-9-11-28(12-10-16)14-20(26)29)7-8-19(18)27-22(21)23-30-24(3,4)25(5,6)31-23/h7-8,13,15-16,23,27H,9-12,14H2,1-6H3,(H2,26,29). The molecule has 0 spiro atoms. The molecule has 6 heteroatoms. The summed E-state index contributed by atoms with van der Waals surface area (Å²) in [7, 11) is 0. The highest BCUT2D eigenvalue weighted by atomic mass is 16.7. The summed E-state index contributed by atoms with van der Waals surface area (Å²) in [6, 6.07) is 6.79. The van der Waals surface area contributed by atoms with Crippen LogP contribution in [0.3, 0.4) is 0 Å². The fourth-order valence-electron chi connectivity index (χ4n) is 4.92.